The number of rotatable bonds is 8. The van der Waals surface area contributed by atoms with Gasteiger partial charge in [0.05, 0.1) is 16.4 Å². The van der Waals surface area contributed by atoms with Crippen LogP contribution in [0.15, 0.2) is 83.6 Å². The number of para-hydroxylation sites is 1. The number of nitro groups is 1. The van der Waals surface area contributed by atoms with E-state index in [4.69, 9.17) is 0 Å². The summed E-state index contributed by atoms with van der Waals surface area (Å²) in [6, 6.07) is 16.5. The molecule has 0 saturated carbocycles. The number of anilines is 1. The number of carbonyl (C=O) groups is 1. The highest BCUT2D eigenvalue weighted by molar-refractivity contribution is 7.98. The van der Waals surface area contributed by atoms with Gasteiger partial charge in [0.1, 0.15) is 16.5 Å². The first-order valence-electron chi connectivity index (χ1n) is 12.9. The van der Waals surface area contributed by atoms with E-state index < -0.39 is 10.7 Å². The van der Waals surface area contributed by atoms with Crippen LogP contribution in [-0.2, 0) is 5.75 Å². The van der Waals surface area contributed by atoms with Crippen molar-refractivity contribution in [2.75, 3.05) is 31.1 Å². The molecule has 0 spiro atoms. The summed E-state index contributed by atoms with van der Waals surface area (Å²) in [6.07, 6.45) is 3.31. The molecule has 14 heteroatoms. The molecule has 1 saturated heterocycles. The number of non-ortho nitro benzene ring substituents is 1. The van der Waals surface area contributed by atoms with Crippen molar-refractivity contribution in [2.24, 2.45) is 0 Å². The van der Waals surface area contributed by atoms with Gasteiger partial charge in [-0.15, -0.1) is 21.5 Å². The fourth-order valence-corrected chi connectivity index (χ4v) is 6.34. The predicted octanol–water partition coefficient (Wildman–Crippen LogP) is 5.09. The SMILES string of the molecule is O=C(c1csc(CSc2nnc(-c3cccnc3)n2-c2ccccc2F)n1)N1CCN(c2ccc([N+](=O)[O-])cc2)CC1. The summed E-state index contributed by atoms with van der Waals surface area (Å²) in [5.74, 6) is 0.351. The molecule has 11 nitrogen and oxygen atoms in total. The summed E-state index contributed by atoms with van der Waals surface area (Å²) in [4.78, 5) is 36.3. The summed E-state index contributed by atoms with van der Waals surface area (Å²) < 4.78 is 16.5. The zero-order valence-electron chi connectivity index (χ0n) is 22.0. The lowest BCUT2D eigenvalue weighted by Gasteiger charge is -2.35. The number of hydrogen-bond acceptors (Lipinski definition) is 10. The van der Waals surface area contributed by atoms with Crippen molar-refractivity contribution in [3.8, 4) is 17.1 Å². The molecule has 1 amide bonds. The number of halogens is 1. The smallest absolute Gasteiger partial charge is 0.273 e. The normalized spacial score (nSPS) is 13.4. The van der Waals surface area contributed by atoms with E-state index in [9.17, 15) is 19.3 Å². The molecule has 42 heavy (non-hydrogen) atoms. The lowest BCUT2D eigenvalue weighted by molar-refractivity contribution is -0.384. The quantitative estimate of drug-likeness (QED) is 0.136. The third-order valence-corrected chi connectivity index (χ3v) is 8.71. The Balaban J connectivity index is 1.12. The van der Waals surface area contributed by atoms with E-state index in [0.29, 0.717) is 59.9 Å². The van der Waals surface area contributed by atoms with Crippen molar-refractivity contribution in [1.82, 2.24) is 29.6 Å². The average molecular weight is 603 g/mol. The molecular formula is C28H23FN8O3S2. The maximum atomic E-state index is 14.8. The highest BCUT2D eigenvalue weighted by Gasteiger charge is 2.25. The topological polar surface area (TPSA) is 123 Å². The number of pyridine rings is 1. The van der Waals surface area contributed by atoms with Crippen LogP contribution < -0.4 is 4.90 Å². The van der Waals surface area contributed by atoms with E-state index in [2.05, 4.69) is 25.1 Å². The van der Waals surface area contributed by atoms with Gasteiger partial charge in [0.15, 0.2) is 11.0 Å². The van der Waals surface area contributed by atoms with Gasteiger partial charge in [0.25, 0.3) is 11.6 Å². The van der Waals surface area contributed by atoms with Gasteiger partial charge in [0, 0.05) is 67.3 Å². The van der Waals surface area contributed by atoms with Crippen molar-refractivity contribution in [1.29, 1.82) is 0 Å². The number of nitro benzene ring substituents is 1. The number of aromatic nitrogens is 5. The molecule has 212 valence electrons. The minimum absolute atomic E-state index is 0.0477. The Kier molecular flexibility index (Phi) is 7.88. The van der Waals surface area contributed by atoms with Gasteiger partial charge in [-0.1, -0.05) is 23.9 Å². The largest absolute Gasteiger partial charge is 0.368 e. The van der Waals surface area contributed by atoms with E-state index in [1.807, 2.05) is 6.07 Å². The van der Waals surface area contributed by atoms with E-state index in [1.54, 1.807) is 63.6 Å². The first-order valence-corrected chi connectivity index (χ1v) is 14.8. The molecule has 0 bridgehead atoms. The lowest BCUT2D eigenvalue weighted by Crippen LogP contribution is -2.48. The Bertz CT molecular complexity index is 1720. The van der Waals surface area contributed by atoms with Gasteiger partial charge < -0.3 is 9.80 Å². The Labute approximate surface area is 247 Å². The van der Waals surface area contributed by atoms with Gasteiger partial charge in [-0.3, -0.25) is 24.5 Å². The Hall–Kier alpha value is -4.69. The summed E-state index contributed by atoms with van der Waals surface area (Å²) in [7, 11) is 0. The van der Waals surface area contributed by atoms with Crippen LogP contribution in [0.2, 0.25) is 0 Å². The van der Waals surface area contributed by atoms with Crippen molar-refractivity contribution in [3.63, 3.8) is 0 Å². The Morgan fingerprint density at radius 3 is 2.52 bits per heavy atom. The van der Waals surface area contributed by atoms with Crippen LogP contribution in [0.5, 0.6) is 0 Å². The number of amides is 1. The molecule has 0 atom stereocenters. The lowest BCUT2D eigenvalue weighted by atomic mass is 10.2. The van der Waals surface area contributed by atoms with Crippen LogP contribution in [0.3, 0.4) is 0 Å². The van der Waals surface area contributed by atoms with Crippen molar-refractivity contribution in [3.05, 3.63) is 105 Å². The molecule has 0 unspecified atom stereocenters. The van der Waals surface area contributed by atoms with E-state index in [0.717, 1.165) is 10.7 Å². The van der Waals surface area contributed by atoms with Crippen LogP contribution in [0, 0.1) is 15.9 Å². The molecule has 4 heterocycles. The highest BCUT2D eigenvalue weighted by Crippen LogP contribution is 2.31. The third-order valence-electron chi connectivity index (χ3n) is 6.73. The number of thioether (sulfide) groups is 1. The Morgan fingerprint density at radius 2 is 1.81 bits per heavy atom. The molecule has 3 aromatic heterocycles. The minimum Gasteiger partial charge on any atom is -0.368 e. The number of thiazole rings is 1. The molecule has 1 fully saturated rings. The van der Waals surface area contributed by atoms with Crippen LogP contribution in [-0.4, -0.2) is 66.6 Å². The van der Waals surface area contributed by atoms with Gasteiger partial charge in [0.2, 0.25) is 0 Å². The molecule has 5 aromatic rings. The van der Waals surface area contributed by atoms with Crippen LogP contribution in [0.4, 0.5) is 15.8 Å². The van der Waals surface area contributed by atoms with E-state index in [-0.39, 0.29) is 11.6 Å². The second kappa shape index (κ2) is 12.0. The maximum Gasteiger partial charge on any atom is 0.273 e. The number of hydrogen-bond donors (Lipinski definition) is 0. The zero-order chi connectivity index (χ0) is 29.1. The second-order valence-corrected chi connectivity index (χ2v) is 11.2. The zero-order valence-corrected chi connectivity index (χ0v) is 23.7. The van der Waals surface area contributed by atoms with E-state index in [1.165, 1.54) is 41.3 Å². The van der Waals surface area contributed by atoms with Crippen molar-refractivity contribution >= 4 is 40.4 Å². The van der Waals surface area contributed by atoms with E-state index >= 15 is 0 Å². The van der Waals surface area contributed by atoms with Crippen molar-refractivity contribution < 1.29 is 14.1 Å². The summed E-state index contributed by atoms with van der Waals surface area (Å²) in [5, 5.41) is 22.5. The number of benzene rings is 2. The molecule has 6 rings (SSSR count). The molecule has 1 aliphatic heterocycles. The van der Waals surface area contributed by atoms with Crippen LogP contribution in [0.25, 0.3) is 17.1 Å². The maximum absolute atomic E-state index is 14.8. The Morgan fingerprint density at radius 1 is 1.02 bits per heavy atom. The first kappa shape index (κ1) is 27.5. The molecular weight excluding hydrogens is 579 g/mol. The minimum atomic E-state index is -0.422. The molecule has 0 aliphatic carbocycles. The monoisotopic (exact) mass is 602 g/mol. The fraction of sp³-hybridized carbons (Fsp3) is 0.179. The second-order valence-electron chi connectivity index (χ2n) is 9.30. The average Bonchev–Trinajstić information content (AvgIpc) is 3.68. The van der Waals surface area contributed by atoms with Gasteiger partial charge in [-0.25, -0.2) is 9.37 Å². The summed E-state index contributed by atoms with van der Waals surface area (Å²) >= 11 is 2.74. The number of nitrogens with zero attached hydrogens (tertiary/aromatic N) is 8. The summed E-state index contributed by atoms with van der Waals surface area (Å²) in [6.45, 7) is 2.25. The van der Waals surface area contributed by atoms with Gasteiger partial charge >= 0.3 is 0 Å². The number of piperazine rings is 1. The van der Waals surface area contributed by atoms with Crippen molar-refractivity contribution in [2.45, 2.75) is 10.9 Å². The molecule has 2 aromatic carbocycles. The molecule has 0 radical (unpaired) electrons. The van der Waals surface area contributed by atoms with Gasteiger partial charge in [-0.2, -0.15) is 0 Å². The standard InChI is InChI=1S/C28H23FN8O3S2/c29-22-5-1-2-6-24(22)36-26(19-4-3-11-30-16-19)32-33-28(36)42-18-25-31-23(17-41-25)27(38)35-14-12-34(13-15-35)20-7-9-21(10-8-20)37(39)40/h1-11,16-17H,12-15,18H2. The number of carbonyl (C=O) groups excluding carboxylic acids is 1. The fourth-order valence-electron chi connectivity index (χ4n) is 4.61. The first-order chi connectivity index (χ1) is 20.5. The van der Waals surface area contributed by atoms with Crippen LogP contribution in [0.1, 0.15) is 15.5 Å². The molecule has 1 aliphatic rings. The predicted molar refractivity (Wildman–Crippen MR) is 157 cm³/mol. The van der Waals surface area contributed by atoms with Crippen LogP contribution >= 0.6 is 23.1 Å². The van der Waals surface area contributed by atoms with Gasteiger partial charge in [-0.05, 0) is 36.4 Å². The summed E-state index contributed by atoms with van der Waals surface area (Å²) in [5.41, 5.74) is 2.34. The molecule has 0 N–H and O–H groups in total. The highest BCUT2D eigenvalue weighted by atomic mass is 32.2. The third kappa shape index (κ3) is 5.71.